The summed E-state index contributed by atoms with van der Waals surface area (Å²) in [6.45, 7) is 6.01. The number of rotatable bonds is 9. The topological polar surface area (TPSA) is 129 Å². The number of benzene rings is 2. The van der Waals surface area contributed by atoms with Crippen molar-refractivity contribution in [1.29, 1.82) is 0 Å². The molecule has 0 aliphatic rings. The van der Waals surface area contributed by atoms with Crippen LogP contribution in [0.5, 0.6) is 5.75 Å². The lowest BCUT2D eigenvalue weighted by Gasteiger charge is -2.27. The number of carbonyl (C=O) groups is 3. The van der Waals surface area contributed by atoms with Crippen molar-refractivity contribution < 1.29 is 24.2 Å². The normalized spacial score (nSPS) is 11.3. The van der Waals surface area contributed by atoms with Crippen molar-refractivity contribution in [3.05, 3.63) is 62.8 Å². The third-order valence-electron chi connectivity index (χ3n) is 5.15. The van der Waals surface area contributed by atoms with E-state index in [1.807, 2.05) is 6.07 Å². The van der Waals surface area contributed by atoms with E-state index < -0.39 is 11.7 Å². The van der Waals surface area contributed by atoms with Gasteiger partial charge >= 0.3 is 11.0 Å². The molecule has 0 saturated heterocycles. The van der Waals surface area contributed by atoms with Gasteiger partial charge in [0.05, 0.1) is 11.2 Å². The van der Waals surface area contributed by atoms with Crippen molar-refractivity contribution >= 4 is 39.8 Å². The van der Waals surface area contributed by atoms with Crippen LogP contribution in [0.15, 0.2) is 41.2 Å². The third-order valence-corrected chi connectivity index (χ3v) is 6.11. The average molecular weight is 500 g/mol. The average Bonchev–Trinajstić information content (AvgIpc) is 3.20. The van der Waals surface area contributed by atoms with Crippen LogP contribution in [-0.4, -0.2) is 58.5 Å². The van der Waals surface area contributed by atoms with Crippen LogP contribution in [0.4, 0.5) is 4.79 Å². The van der Waals surface area contributed by atoms with Gasteiger partial charge in [-0.25, -0.2) is 4.79 Å². The molecule has 3 rings (SSSR count). The zero-order chi connectivity index (χ0) is 25.6. The number of carbonyl (C=O) groups excluding carboxylic acids is 3. The molecule has 0 radical (unpaired) electrons. The Kier molecular flexibility index (Phi) is 8.29. The fraction of sp³-hybridized carbons (Fsp3) is 0.360. The van der Waals surface area contributed by atoms with Gasteiger partial charge in [0.15, 0.2) is 0 Å². The van der Waals surface area contributed by atoms with E-state index in [-0.39, 0.29) is 23.1 Å². The Morgan fingerprint density at radius 2 is 1.91 bits per heavy atom. The fourth-order valence-corrected chi connectivity index (χ4v) is 4.41. The molecule has 2 amide bonds. The number of fused-ring (bicyclic) bond motifs is 1. The van der Waals surface area contributed by atoms with E-state index in [4.69, 9.17) is 4.74 Å². The van der Waals surface area contributed by atoms with Crippen LogP contribution < -0.4 is 10.2 Å². The lowest BCUT2D eigenvalue weighted by Crippen LogP contribution is -2.39. The first-order valence-electron chi connectivity index (χ1n) is 11.2. The van der Waals surface area contributed by atoms with Crippen LogP contribution in [-0.2, 0) is 22.4 Å². The molecule has 0 aliphatic heterocycles. The first-order chi connectivity index (χ1) is 16.6. The number of thiazole rings is 1. The Labute approximate surface area is 206 Å². The molecule has 9 nitrogen and oxygen atoms in total. The molecule has 186 valence electrons. The highest BCUT2D eigenvalue weighted by molar-refractivity contribution is 7.16. The number of phenolic OH excluding ortho intramolecular Hbond substituents is 1. The standard InChI is InChI=1S/C25H29N3O6S/c1-25(2,3)34-24(33)28(12-9-16-5-4-6-18(15-16)22(31)26-11-14-29)13-10-17-7-8-19(30)20-21(17)35-23(32)27-20/h4-8,14-15,30H,9-13H2,1-3H3,(H,26,31)(H,27,32). The van der Waals surface area contributed by atoms with Crippen LogP contribution >= 0.6 is 11.3 Å². The van der Waals surface area contributed by atoms with Crippen molar-refractivity contribution in [2.75, 3.05) is 19.6 Å². The molecule has 0 unspecified atom stereocenters. The smallest absolute Gasteiger partial charge is 0.410 e. The van der Waals surface area contributed by atoms with Gasteiger partial charge in [0.1, 0.15) is 23.2 Å². The maximum absolute atomic E-state index is 12.9. The van der Waals surface area contributed by atoms with E-state index in [0.29, 0.717) is 48.0 Å². The number of aromatic nitrogens is 1. The summed E-state index contributed by atoms with van der Waals surface area (Å²) in [5.74, 6) is -0.340. The largest absolute Gasteiger partial charge is 0.506 e. The zero-order valence-corrected chi connectivity index (χ0v) is 20.7. The molecular formula is C25H29N3O6S. The quantitative estimate of drug-likeness (QED) is 0.388. The second-order valence-electron chi connectivity index (χ2n) is 9.01. The number of amides is 2. The van der Waals surface area contributed by atoms with Gasteiger partial charge in [-0.3, -0.25) is 9.59 Å². The van der Waals surface area contributed by atoms with Crippen LogP contribution in [0.3, 0.4) is 0 Å². The van der Waals surface area contributed by atoms with E-state index in [9.17, 15) is 24.3 Å². The van der Waals surface area contributed by atoms with Gasteiger partial charge in [-0.15, -0.1) is 0 Å². The van der Waals surface area contributed by atoms with Gasteiger partial charge < -0.3 is 29.8 Å². The Morgan fingerprint density at radius 3 is 2.63 bits per heavy atom. The van der Waals surface area contributed by atoms with Crippen LogP contribution in [0.25, 0.3) is 10.2 Å². The SMILES string of the molecule is CC(C)(C)OC(=O)N(CCc1cccc(C(=O)NCC=O)c1)CCc1ccc(O)c2[nH]c(=O)sc12. The zero-order valence-electron chi connectivity index (χ0n) is 19.9. The molecule has 2 aromatic carbocycles. The highest BCUT2D eigenvalue weighted by Crippen LogP contribution is 2.28. The van der Waals surface area contributed by atoms with Gasteiger partial charge in [0.2, 0.25) is 0 Å². The molecule has 0 fully saturated rings. The van der Waals surface area contributed by atoms with Crippen molar-refractivity contribution in [3.63, 3.8) is 0 Å². The highest BCUT2D eigenvalue weighted by atomic mass is 32.1. The predicted molar refractivity (Wildman–Crippen MR) is 134 cm³/mol. The van der Waals surface area contributed by atoms with Gasteiger partial charge in [-0.1, -0.05) is 29.5 Å². The summed E-state index contributed by atoms with van der Waals surface area (Å²) in [6, 6.07) is 10.3. The van der Waals surface area contributed by atoms with Crippen LogP contribution in [0.1, 0.15) is 42.3 Å². The third kappa shape index (κ3) is 7.16. The molecule has 1 aromatic heterocycles. The summed E-state index contributed by atoms with van der Waals surface area (Å²) < 4.78 is 6.25. The number of nitrogens with one attached hydrogen (secondary N) is 2. The number of H-pyrrole nitrogens is 1. The van der Waals surface area contributed by atoms with Crippen molar-refractivity contribution in [2.24, 2.45) is 0 Å². The molecule has 1 heterocycles. The first-order valence-corrected chi connectivity index (χ1v) is 12.0. The van der Waals surface area contributed by atoms with Crippen molar-refractivity contribution in [1.82, 2.24) is 15.2 Å². The minimum atomic E-state index is -0.669. The second-order valence-corrected chi connectivity index (χ2v) is 9.99. The number of aldehydes is 1. The van der Waals surface area contributed by atoms with Crippen LogP contribution in [0.2, 0.25) is 0 Å². The van der Waals surface area contributed by atoms with E-state index in [1.165, 1.54) is 6.07 Å². The minimum Gasteiger partial charge on any atom is -0.506 e. The maximum atomic E-state index is 12.9. The van der Waals surface area contributed by atoms with E-state index >= 15 is 0 Å². The Hall–Kier alpha value is -3.66. The first kappa shape index (κ1) is 26.0. The highest BCUT2D eigenvalue weighted by Gasteiger charge is 2.22. The van der Waals surface area contributed by atoms with Crippen molar-refractivity contribution in [3.8, 4) is 5.75 Å². The van der Waals surface area contributed by atoms with Gasteiger partial charge in [-0.05, 0) is 62.9 Å². The van der Waals surface area contributed by atoms with Crippen molar-refractivity contribution in [2.45, 2.75) is 39.2 Å². The van der Waals surface area contributed by atoms with Crippen LogP contribution in [0, 0.1) is 0 Å². The van der Waals surface area contributed by atoms with E-state index in [0.717, 1.165) is 22.5 Å². The molecule has 0 spiro atoms. The summed E-state index contributed by atoms with van der Waals surface area (Å²) in [6.07, 6.45) is 1.10. The molecular weight excluding hydrogens is 470 g/mol. The summed E-state index contributed by atoms with van der Waals surface area (Å²) in [5.41, 5.74) is 1.85. The fourth-order valence-electron chi connectivity index (χ4n) is 3.51. The van der Waals surface area contributed by atoms with Gasteiger partial charge in [0.25, 0.3) is 5.91 Å². The number of nitrogens with zero attached hydrogens (tertiary/aromatic N) is 1. The Morgan fingerprint density at radius 1 is 1.17 bits per heavy atom. The molecule has 0 saturated carbocycles. The lowest BCUT2D eigenvalue weighted by molar-refractivity contribution is -0.107. The Balaban J connectivity index is 1.75. The summed E-state index contributed by atoms with van der Waals surface area (Å²) >= 11 is 1.02. The maximum Gasteiger partial charge on any atom is 0.410 e. The molecule has 3 aromatic rings. The van der Waals surface area contributed by atoms with Gasteiger partial charge in [-0.2, -0.15) is 0 Å². The molecule has 10 heteroatoms. The lowest BCUT2D eigenvalue weighted by atomic mass is 10.1. The Bertz CT molecular complexity index is 1270. The molecule has 0 bridgehead atoms. The number of hydrogen-bond donors (Lipinski definition) is 3. The van der Waals surface area contributed by atoms with E-state index in [1.54, 1.807) is 49.9 Å². The number of aromatic hydroxyl groups is 1. The molecule has 35 heavy (non-hydrogen) atoms. The number of hydrogen-bond acceptors (Lipinski definition) is 7. The predicted octanol–water partition coefficient (Wildman–Crippen LogP) is 3.25. The molecule has 3 N–H and O–H groups in total. The number of aromatic amines is 1. The number of ether oxygens (including phenoxy) is 1. The molecule has 0 atom stereocenters. The summed E-state index contributed by atoms with van der Waals surface area (Å²) in [7, 11) is 0. The second kappa shape index (κ2) is 11.2. The number of phenols is 1. The molecule has 0 aliphatic carbocycles. The monoisotopic (exact) mass is 499 g/mol. The van der Waals surface area contributed by atoms with Gasteiger partial charge in [0, 0.05) is 18.7 Å². The summed E-state index contributed by atoms with van der Waals surface area (Å²) in [4.78, 5) is 51.4. The van der Waals surface area contributed by atoms with E-state index in [2.05, 4.69) is 10.3 Å². The summed E-state index contributed by atoms with van der Waals surface area (Å²) in [5, 5.41) is 12.5. The minimum absolute atomic E-state index is 0.00293.